The Bertz CT molecular complexity index is 934. The van der Waals surface area contributed by atoms with Gasteiger partial charge in [-0.1, -0.05) is 0 Å². The molecule has 7 heteroatoms. The molecule has 0 amide bonds. The minimum Gasteiger partial charge on any atom is -0.368 e. The third-order valence-corrected chi connectivity index (χ3v) is 3.33. The van der Waals surface area contributed by atoms with Crippen LogP contribution >= 0.6 is 0 Å². The van der Waals surface area contributed by atoms with Crippen molar-refractivity contribution < 1.29 is 0 Å². The van der Waals surface area contributed by atoms with Gasteiger partial charge in [-0.15, -0.1) is 10.2 Å². The summed E-state index contributed by atoms with van der Waals surface area (Å²) in [6, 6.07) is 3.94. The summed E-state index contributed by atoms with van der Waals surface area (Å²) in [4.78, 5) is 11.3. The number of aryl methyl sites for hydroxylation is 1. The largest absolute Gasteiger partial charge is 0.368 e. The highest BCUT2D eigenvalue weighted by atomic mass is 15.2. The van der Waals surface area contributed by atoms with Crippen molar-refractivity contribution in [3.8, 4) is 11.1 Å². The molecule has 4 heterocycles. The van der Waals surface area contributed by atoms with Crippen LogP contribution in [0, 0.1) is 6.92 Å². The zero-order valence-electron chi connectivity index (χ0n) is 10.7. The Morgan fingerprint density at radius 2 is 2.15 bits per heavy atom. The summed E-state index contributed by atoms with van der Waals surface area (Å²) in [6.07, 6.45) is 5.63. The second-order valence-corrected chi connectivity index (χ2v) is 4.59. The van der Waals surface area contributed by atoms with Gasteiger partial charge in [0.15, 0.2) is 5.65 Å². The Balaban J connectivity index is 1.98. The van der Waals surface area contributed by atoms with Crippen LogP contribution in [-0.2, 0) is 0 Å². The highest BCUT2D eigenvalue weighted by molar-refractivity contribution is 5.93. The Kier molecular flexibility index (Phi) is 2.06. The van der Waals surface area contributed by atoms with Gasteiger partial charge < -0.3 is 10.7 Å². The number of nitrogens with one attached hydrogen (secondary N) is 1. The smallest absolute Gasteiger partial charge is 0.221 e. The third kappa shape index (κ3) is 1.46. The zero-order chi connectivity index (χ0) is 13.7. The number of aromatic nitrogens is 6. The molecule has 0 unspecified atom stereocenters. The lowest BCUT2D eigenvalue weighted by Gasteiger charge is -2.01. The number of hydrogen-bond donors (Lipinski definition) is 2. The summed E-state index contributed by atoms with van der Waals surface area (Å²) in [5.74, 6) is 1.11. The fourth-order valence-corrected chi connectivity index (χ4v) is 2.32. The predicted octanol–water partition coefficient (Wildman–Crippen LogP) is 1.56. The molecule has 4 aromatic heterocycles. The van der Waals surface area contributed by atoms with E-state index in [1.54, 1.807) is 6.20 Å². The van der Waals surface area contributed by atoms with Crippen LogP contribution in [0.1, 0.15) is 5.82 Å². The Labute approximate surface area is 113 Å². The van der Waals surface area contributed by atoms with Crippen molar-refractivity contribution in [1.29, 1.82) is 0 Å². The maximum atomic E-state index is 5.59. The first-order chi connectivity index (χ1) is 9.72. The molecule has 0 aliphatic heterocycles. The number of fused-ring (bicyclic) bond motifs is 2. The number of aromatic amines is 1. The van der Waals surface area contributed by atoms with E-state index in [0.29, 0.717) is 0 Å². The van der Waals surface area contributed by atoms with Crippen molar-refractivity contribution in [3.63, 3.8) is 0 Å². The van der Waals surface area contributed by atoms with Gasteiger partial charge in [-0.25, -0.2) is 4.98 Å². The summed E-state index contributed by atoms with van der Waals surface area (Å²) < 4.78 is 1.95. The molecule has 4 rings (SSSR count). The second kappa shape index (κ2) is 3.77. The van der Waals surface area contributed by atoms with Crippen molar-refractivity contribution in [2.24, 2.45) is 0 Å². The number of nitrogen functional groups attached to an aromatic ring is 1. The first-order valence-corrected chi connectivity index (χ1v) is 6.14. The molecule has 0 saturated carbocycles. The molecule has 0 saturated heterocycles. The normalized spacial score (nSPS) is 11.4. The highest BCUT2D eigenvalue weighted by Crippen LogP contribution is 2.27. The molecule has 20 heavy (non-hydrogen) atoms. The van der Waals surface area contributed by atoms with E-state index in [2.05, 4.69) is 25.1 Å². The van der Waals surface area contributed by atoms with Gasteiger partial charge in [0, 0.05) is 35.1 Å². The van der Waals surface area contributed by atoms with E-state index in [1.165, 1.54) is 0 Å². The number of nitrogens with two attached hydrogens (primary N) is 1. The van der Waals surface area contributed by atoms with Gasteiger partial charge >= 0.3 is 0 Å². The molecule has 0 spiro atoms. The van der Waals surface area contributed by atoms with Crippen molar-refractivity contribution in [2.45, 2.75) is 6.92 Å². The molecule has 0 fully saturated rings. The van der Waals surface area contributed by atoms with Gasteiger partial charge in [-0.05, 0) is 19.1 Å². The van der Waals surface area contributed by atoms with E-state index in [4.69, 9.17) is 5.73 Å². The lowest BCUT2D eigenvalue weighted by atomic mass is 10.1. The predicted molar refractivity (Wildman–Crippen MR) is 75.0 cm³/mol. The molecule has 0 aliphatic carbocycles. The maximum absolute atomic E-state index is 5.59. The molecular weight excluding hydrogens is 254 g/mol. The van der Waals surface area contributed by atoms with Gasteiger partial charge in [-0.3, -0.25) is 4.40 Å². The number of hydrogen-bond acceptors (Lipinski definition) is 5. The van der Waals surface area contributed by atoms with Crippen LogP contribution in [0.3, 0.4) is 0 Å². The molecule has 98 valence electrons. The van der Waals surface area contributed by atoms with E-state index in [9.17, 15) is 0 Å². The molecule has 0 bridgehead atoms. The van der Waals surface area contributed by atoms with E-state index in [1.807, 2.05) is 35.9 Å². The standard InChI is InChI=1S/C13H11N7/c1-7-18-19-11-3-2-8(6-20(7)11)9-4-15-12-10(9)5-16-13(14)17-12/h2-6H,1H3,(H3,14,15,16,17). The number of pyridine rings is 1. The van der Waals surface area contributed by atoms with E-state index < -0.39 is 0 Å². The van der Waals surface area contributed by atoms with Crippen molar-refractivity contribution in [1.82, 2.24) is 29.5 Å². The van der Waals surface area contributed by atoms with Gasteiger partial charge in [0.25, 0.3) is 0 Å². The number of anilines is 1. The maximum Gasteiger partial charge on any atom is 0.221 e. The lowest BCUT2D eigenvalue weighted by Crippen LogP contribution is -1.93. The molecule has 0 aromatic carbocycles. The number of nitrogens with zero attached hydrogens (tertiary/aromatic N) is 5. The van der Waals surface area contributed by atoms with Crippen LogP contribution in [0.2, 0.25) is 0 Å². The highest BCUT2D eigenvalue weighted by Gasteiger charge is 2.10. The fourth-order valence-electron chi connectivity index (χ4n) is 2.32. The third-order valence-electron chi connectivity index (χ3n) is 3.33. The van der Waals surface area contributed by atoms with Crippen molar-refractivity contribution in [3.05, 3.63) is 36.5 Å². The van der Waals surface area contributed by atoms with Crippen LogP contribution in [0.5, 0.6) is 0 Å². The summed E-state index contributed by atoms with van der Waals surface area (Å²) >= 11 is 0. The van der Waals surface area contributed by atoms with Crippen molar-refractivity contribution in [2.75, 3.05) is 5.73 Å². The molecule has 0 atom stereocenters. The van der Waals surface area contributed by atoms with Gasteiger partial charge in [-0.2, -0.15) is 4.98 Å². The van der Waals surface area contributed by atoms with E-state index >= 15 is 0 Å². The summed E-state index contributed by atoms with van der Waals surface area (Å²) in [7, 11) is 0. The Morgan fingerprint density at radius 1 is 1.25 bits per heavy atom. The number of H-pyrrole nitrogens is 1. The number of rotatable bonds is 1. The summed E-state index contributed by atoms with van der Waals surface area (Å²) in [5.41, 5.74) is 9.21. The minimum atomic E-state index is 0.260. The van der Waals surface area contributed by atoms with Gasteiger partial charge in [0.2, 0.25) is 5.95 Å². The minimum absolute atomic E-state index is 0.260. The first kappa shape index (κ1) is 10.9. The average Bonchev–Trinajstić information content (AvgIpc) is 3.02. The van der Waals surface area contributed by atoms with Crippen LogP contribution < -0.4 is 5.73 Å². The van der Waals surface area contributed by atoms with E-state index in [-0.39, 0.29) is 5.95 Å². The zero-order valence-corrected chi connectivity index (χ0v) is 10.7. The van der Waals surface area contributed by atoms with Crippen LogP contribution in [0.4, 0.5) is 5.95 Å². The fraction of sp³-hybridized carbons (Fsp3) is 0.0769. The second-order valence-electron chi connectivity index (χ2n) is 4.59. The molecule has 4 aromatic rings. The molecular formula is C13H11N7. The van der Waals surface area contributed by atoms with E-state index in [0.717, 1.165) is 33.6 Å². The Hall–Kier alpha value is -2.96. The lowest BCUT2D eigenvalue weighted by molar-refractivity contribution is 1.01. The molecule has 7 nitrogen and oxygen atoms in total. The molecule has 3 N–H and O–H groups in total. The van der Waals surface area contributed by atoms with Crippen molar-refractivity contribution >= 4 is 22.6 Å². The van der Waals surface area contributed by atoms with Crippen LogP contribution in [0.15, 0.2) is 30.7 Å². The SMILES string of the molecule is Cc1nnc2ccc(-c3c[nH]c4nc(N)ncc34)cn12. The quantitative estimate of drug-likeness (QED) is 0.544. The average molecular weight is 265 g/mol. The molecule has 0 radical (unpaired) electrons. The monoisotopic (exact) mass is 265 g/mol. The Morgan fingerprint density at radius 3 is 3.05 bits per heavy atom. The molecule has 0 aliphatic rings. The topological polar surface area (TPSA) is 97.8 Å². The van der Waals surface area contributed by atoms with Gasteiger partial charge in [0.1, 0.15) is 11.5 Å². The summed E-state index contributed by atoms with van der Waals surface area (Å²) in [6.45, 7) is 1.92. The van der Waals surface area contributed by atoms with Crippen LogP contribution in [0.25, 0.3) is 27.8 Å². The van der Waals surface area contributed by atoms with Gasteiger partial charge in [0.05, 0.1) is 0 Å². The summed E-state index contributed by atoms with van der Waals surface area (Å²) in [5, 5.41) is 9.07. The van der Waals surface area contributed by atoms with Crippen LogP contribution in [-0.4, -0.2) is 29.5 Å². The first-order valence-electron chi connectivity index (χ1n) is 6.14.